The third-order valence-corrected chi connectivity index (χ3v) is 5.32. The summed E-state index contributed by atoms with van der Waals surface area (Å²) in [6.07, 6.45) is 0. The lowest BCUT2D eigenvalue weighted by atomic mass is 9.87. The molecule has 0 saturated heterocycles. The number of hydrogen-bond acceptors (Lipinski definition) is 4. The Bertz CT molecular complexity index is 868. The first-order valence-corrected chi connectivity index (χ1v) is 10.2. The summed E-state index contributed by atoms with van der Waals surface area (Å²) >= 11 is 0. The van der Waals surface area contributed by atoms with Gasteiger partial charge in [0.25, 0.3) is 0 Å². The van der Waals surface area contributed by atoms with Crippen LogP contribution in [0.15, 0.2) is 53.4 Å². The molecule has 0 unspecified atom stereocenters. The van der Waals surface area contributed by atoms with Crippen molar-refractivity contribution in [3.8, 4) is 5.75 Å². The maximum atomic E-state index is 12.3. The molecule has 0 bridgehead atoms. The zero-order chi connectivity index (χ0) is 20.1. The van der Waals surface area contributed by atoms with Crippen LogP contribution in [0.1, 0.15) is 33.3 Å². The summed E-state index contributed by atoms with van der Waals surface area (Å²) in [5.41, 5.74) is 1.79. The molecule has 2 N–H and O–H groups in total. The average molecular weight is 391 g/mol. The van der Waals surface area contributed by atoms with Crippen molar-refractivity contribution in [1.82, 2.24) is 4.72 Å². The highest BCUT2D eigenvalue weighted by Crippen LogP contribution is 2.23. The number of carbonyl (C=O) groups excluding carboxylic acids is 1. The summed E-state index contributed by atoms with van der Waals surface area (Å²) in [5, 5.41) is 2.68. The molecule has 0 saturated carbocycles. The molecule has 2 rings (SSSR count). The molecule has 0 heterocycles. The van der Waals surface area contributed by atoms with Gasteiger partial charge in [-0.25, -0.2) is 13.1 Å². The van der Waals surface area contributed by atoms with E-state index >= 15 is 0 Å². The van der Waals surface area contributed by atoms with Crippen LogP contribution in [0.25, 0.3) is 0 Å². The van der Waals surface area contributed by atoms with E-state index < -0.39 is 15.9 Å². The molecule has 2 aromatic rings. The fourth-order valence-electron chi connectivity index (χ4n) is 2.38. The Hall–Kier alpha value is -2.38. The van der Waals surface area contributed by atoms with Crippen LogP contribution in [0.4, 0.5) is 5.69 Å². The third kappa shape index (κ3) is 6.08. The van der Waals surface area contributed by atoms with Gasteiger partial charge in [-0.1, -0.05) is 32.9 Å². The smallest absolute Gasteiger partial charge is 0.241 e. The summed E-state index contributed by atoms with van der Waals surface area (Å²) in [6.45, 7) is 8.32. The van der Waals surface area contributed by atoms with E-state index in [9.17, 15) is 13.2 Å². The van der Waals surface area contributed by atoms with Crippen LogP contribution in [-0.4, -0.2) is 27.5 Å². The molecule has 0 fully saturated rings. The monoisotopic (exact) mass is 390 g/mol. The van der Waals surface area contributed by atoms with Gasteiger partial charge in [0.15, 0.2) is 0 Å². The topological polar surface area (TPSA) is 84.5 Å². The third-order valence-electron chi connectivity index (χ3n) is 3.90. The van der Waals surface area contributed by atoms with Crippen LogP contribution >= 0.6 is 0 Å². The number of carbonyl (C=O) groups is 1. The predicted octanol–water partition coefficient (Wildman–Crippen LogP) is 3.30. The molecule has 1 amide bonds. The normalized spacial score (nSPS) is 11.9. The number of ether oxygens (including phenoxy) is 1. The number of anilines is 1. The molecular weight excluding hydrogens is 364 g/mol. The molecule has 0 atom stereocenters. The van der Waals surface area contributed by atoms with E-state index in [4.69, 9.17) is 4.74 Å². The van der Waals surface area contributed by atoms with Gasteiger partial charge in [-0.05, 0) is 54.3 Å². The van der Waals surface area contributed by atoms with E-state index in [0.29, 0.717) is 18.0 Å². The first-order valence-electron chi connectivity index (χ1n) is 8.75. The second kappa shape index (κ2) is 8.54. The summed E-state index contributed by atoms with van der Waals surface area (Å²) in [7, 11) is -3.77. The van der Waals surface area contributed by atoms with Crippen LogP contribution in [0, 0.1) is 0 Å². The fourth-order valence-corrected chi connectivity index (χ4v) is 3.37. The zero-order valence-electron chi connectivity index (χ0n) is 16.1. The van der Waals surface area contributed by atoms with E-state index in [1.54, 1.807) is 24.3 Å². The molecule has 0 aliphatic carbocycles. The molecule has 0 aliphatic heterocycles. The number of benzene rings is 2. The van der Waals surface area contributed by atoms with Crippen molar-refractivity contribution in [2.75, 3.05) is 18.5 Å². The Labute approximate surface area is 161 Å². The molecule has 7 heteroatoms. The highest BCUT2D eigenvalue weighted by Gasteiger charge is 2.16. The largest absolute Gasteiger partial charge is 0.494 e. The van der Waals surface area contributed by atoms with E-state index in [-0.39, 0.29) is 16.9 Å². The van der Waals surface area contributed by atoms with E-state index in [2.05, 4.69) is 30.8 Å². The second-order valence-corrected chi connectivity index (χ2v) is 8.87. The standard InChI is InChI=1S/C20H26N2O4S/c1-5-26-17-10-12-18(13-11-17)27(24,25)21-14-19(23)22-16-8-6-15(7-9-16)20(2,3)4/h6-13,21H,5,14H2,1-4H3,(H,22,23). The van der Waals surface area contributed by atoms with Crippen molar-refractivity contribution in [2.24, 2.45) is 0 Å². The molecule has 2 aromatic carbocycles. The number of rotatable bonds is 7. The highest BCUT2D eigenvalue weighted by atomic mass is 32.2. The number of nitrogens with one attached hydrogen (secondary N) is 2. The minimum atomic E-state index is -3.77. The fraction of sp³-hybridized carbons (Fsp3) is 0.350. The average Bonchev–Trinajstić information content (AvgIpc) is 2.61. The summed E-state index contributed by atoms with van der Waals surface area (Å²) in [4.78, 5) is 12.1. The van der Waals surface area contributed by atoms with Crippen molar-refractivity contribution in [2.45, 2.75) is 38.0 Å². The molecular formula is C20H26N2O4S. The zero-order valence-corrected chi connectivity index (χ0v) is 16.9. The Morgan fingerprint density at radius 1 is 1.00 bits per heavy atom. The van der Waals surface area contributed by atoms with Gasteiger partial charge in [0, 0.05) is 5.69 Å². The second-order valence-electron chi connectivity index (χ2n) is 7.10. The van der Waals surface area contributed by atoms with Crippen LogP contribution in [0.3, 0.4) is 0 Å². The van der Waals surface area contributed by atoms with Gasteiger partial charge >= 0.3 is 0 Å². The minimum Gasteiger partial charge on any atom is -0.494 e. The number of hydrogen-bond donors (Lipinski definition) is 2. The lowest BCUT2D eigenvalue weighted by molar-refractivity contribution is -0.115. The van der Waals surface area contributed by atoms with Crippen molar-refractivity contribution in [3.05, 3.63) is 54.1 Å². The quantitative estimate of drug-likeness (QED) is 0.760. The first-order chi connectivity index (χ1) is 12.6. The molecule has 146 valence electrons. The van der Waals surface area contributed by atoms with Gasteiger partial charge in [-0.3, -0.25) is 4.79 Å². The SMILES string of the molecule is CCOc1ccc(S(=O)(=O)NCC(=O)Nc2ccc(C(C)(C)C)cc2)cc1. The first kappa shape index (κ1) is 20.9. The van der Waals surface area contributed by atoms with Crippen LogP contribution in [-0.2, 0) is 20.2 Å². The van der Waals surface area contributed by atoms with Crippen molar-refractivity contribution < 1.29 is 17.9 Å². The molecule has 0 aliphatic rings. The van der Waals surface area contributed by atoms with Gasteiger partial charge in [0.05, 0.1) is 18.0 Å². The summed E-state index contributed by atoms with van der Waals surface area (Å²) < 4.78 is 32.2. The Morgan fingerprint density at radius 3 is 2.11 bits per heavy atom. The van der Waals surface area contributed by atoms with Gasteiger partial charge in [-0.15, -0.1) is 0 Å². The van der Waals surface area contributed by atoms with Crippen molar-refractivity contribution in [3.63, 3.8) is 0 Å². The molecule has 27 heavy (non-hydrogen) atoms. The molecule has 6 nitrogen and oxygen atoms in total. The maximum absolute atomic E-state index is 12.3. The van der Waals surface area contributed by atoms with E-state index in [1.165, 1.54) is 12.1 Å². The van der Waals surface area contributed by atoms with Crippen LogP contribution < -0.4 is 14.8 Å². The van der Waals surface area contributed by atoms with E-state index in [0.717, 1.165) is 5.56 Å². The van der Waals surface area contributed by atoms with Crippen molar-refractivity contribution in [1.29, 1.82) is 0 Å². The van der Waals surface area contributed by atoms with Crippen molar-refractivity contribution >= 4 is 21.6 Å². The summed E-state index contributed by atoms with van der Waals surface area (Å²) in [5.74, 6) is 0.154. The number of amides is 1. The molecule has 0 spiro atoms. The Balaban J connectivity index is 1.94. The van der Waals surface area contributed by atoms with Gasteiger partial charge < -0.3 is 10.1 Å². The Kier molecular flexibility index (Phi) is 6.62. The number of sulfonamides is 1. The highest BCUT2D eigenvalue weighted by molar-refractivity contribution is 7.89. The molecule has 0 radical (unpaired) electrons. The molecule has 0 aromatic heterocycles. The Morgan fingerprint density at radius 2 is 1.59 bits per heavy atom. The predicted molar refractivity (Wildman–Crippen MR) is 107 cm³/mol. The maximum Gasteiger partial charge on any atom is 0.241 e. The van der Waals surface area contributed by atoms with Gasteiger partial charge in [0.2, 0.25) is 15.9 Å². The lowest BCUT2D eigenvalue weighted by Gasteiger charge is -2.19. The van der Waals surface area contributed by atoms with Gasteiger partial charge in [-0.2, -0.15) is 0 Å². The van der Waals surface area contributed by atoms with Crippen LogP contribution in [0.5, 0.6) is 5.75 Å². The van der Waals surface area contributed by atoms with E-state index in [1.807, 2.05) is 19.1 Å². The summed E-state index contributed by atoms with van der Waals surface area (Å²) in [6, 6.07) is 13.5. The van der Waals surface area contributed by atoms with Gasteiger partial charge in [0.1, 0.15) is 5.75 Å². The van der Waals surface area contributed by atoms with Crippen LogP contribution in [0.2, 0.25) is 0 Å². The lowest BCUT2D eigenvalue weighted by Crippen LogP contribution is -2.32. The minimum absolute atomic E-state index is 0.0237.